The van der Waals surface area contributed by atoms with Gasteiger partial charge in [-0.05, 0) is 37.1 Å². The number of hydrogen-bond donors (Lipinski definition) is 3. The number of nitrogens with zero attached hydrogens (tertiary/aromatic N) is 5. The number of aromatic amines is 1. The van der Waals surface area contributed by atoms with Crippen LogP contribution < -0.4 is 11.2 Å². The van der Waals surface area contributed by atoms with Gasteiger partial charge in [0.15, 0.2) is 0 Å². The summed E-state index contributed by atoms with van der Waals surface area (Å²) in [5.41, 5.74) is 2.08. The third-order valence-corrected chi connectivity index (χ3v) is 6.21. The van der Waals surface area contributed by atoms with Crippen LogP contribution in [-0.4, -0.2) is 65.2 Å². The van der Waals surface area contributed by atoms with Crippen molar-refractivity contribution >= 4 is 27.8 Å². The molecule has 174 valence electrons. The van der Waals surface area contributed by atoms with E-state index in [0.29, 0.717) is 59.4 Å². The van der Waals surface area contributed by atoms with E-state index in [0.717, 1.165) is 0 Å². The maximum absolute atomic E-state index is 13.0. The molecule has 11 nitrogen and oxygen atoms in total. The van der Waals surface area contributed by atoms with Crippen molar-refractivity contribution < 1.29 is 15.0 Å². The molecule has 0 radical (unpaired) electrons. The first-order chi connectivity index (χ1) is 16.5. The molecule has 3 N–H and O–H groups in total. The van der Waals surface area contributed by atoms with Gasteiger partial charge in [0.1, 0.15) is 12.1 Å². The van der Waals surface area contributed by atoms with Gasteiger partial charge in [0.2, 0.25) is 5.91 Å². The summed E-state index contributed by atoms with van der Waals surface area (Å²) in [7, 11) is 0. The van der Waals surface area contributed by atoms with Crippen LogP contribution in [0.5, 0.6) is 0 Å². The normalized spacial score (nSPS) is 14.7. The number of carbonyl (C=O) groups is 1. The zero-order valence-corrected chi connectivity index (χ0v) is 18.1. The monoisotopic (exact) mass is 462 g/mol. The maximum atomic E-state index is 13.0. The highest BCUT2D eigenvalue weighted by molar-refractivity contribution is 6.01. The standard InChI is InChI=1S/C23H22N6O5/c30-11-14-2-1-13(9-24-14)17-3-4-18-20(26-17)21-16(10-25-18)22(33)27-23(34)29(21)15-5-7-28(8-6-15)19(32)12-31/h1-4,9-10,15,30-31H,5-8,11-12H2,(H,27,33,34). The van der Waals surface area contributed by atoms with Crippen molar-refractivity contribution in [1.29, 1.82) is 0 Å². The van der Waals surface area contributed by atoms with Crippen LogP contribution in [0.4, 0.5) is 0 Å². The largest absolute Gasteiger partial charge is 0.390 e. The molecule has 0 saturated carbocycles. The van der Waals surface area contributed by atoms with Crippen LogP contribution in [0, 0.1) is 0 Å². The first-order valence-corrected chi connectivity index (χ1v) is 10.9. The Hall–Kier alpha value is -3.96. The van der Waals surface area contributed by atoms with Gasteiger partial charge in [-0.2, -0.15) is 0 Å². The highest BCUT2D eigenvalue weighted by Crippen LogP contribution is 2.28. The molecule has 1 aliphatic rings. The molecule has 0 aromatic carbocycles. The SMILES string of the molecule is O=C(CO)N1CCC(n2c(=O)[nH]c(=O)c3cnc4ccc(-c5ccc(CO)nc5)nc4c32)CC1. The quantitative estimate of drug-likeness (QED) is 0.367. The second kappa shape index (κ2) is 8.76. The highest BCUT2D eigenvalue weighted by Gasteiger charge is 2.26. The molecular formula is C23H22N6O5. The number of fused-ring (bicyclic) bond motifs is 3. The number of carbonyl (C=O) groups excluding carboxylic acids is 1. The average Bonchev–Trinajstić information content (AvgIpc) is 2.88. The lowest BCUT2D eigenvalue weighted by molar-refractivity contribution is -0.135. The summed E-state index contributed by atoms with van der Waals surface area (Å²) in [4.78, 5) is 54.7. The van der Waals surface area contributed by atoms with E-state index in [4.69, 9.17) is 10.1 Å². The number of rotatable bonds is 4. The molecule has 11 heteroatoms. The topological polar surface area (TPSA) is 154 Å². The van der Waals surface area contributed by atoms with Crippen LogP contribution in [0.3, 0.4) is 0 Å². The zero-order chi connectivity index (χ0) is 23.8. The van der Waals surface area contributed by atoms with Crippen LogP contribution in [0.25, 0.3) is 33.2 Å². The predicted octanol–water partition coefficient (Wildman–Crippen LogP) is 0.343. The summed E-state index contributed by atoms with van der Waals surface area (Å²) in [6.45, 7) is 0.0600. The van der Waals surface area contributed by atoms with E-state index in [9.17, 15) is 19.5 Å². The van der Waals surface area contributed by atoms with Gasteiger partial charge in [0.25, 0.3) is 5.56 Å². The van der Waals surface area contributed by atoms with E-state index in [1.807, 2.05) is 0 Å². The minimum absolute atomic E-state index is 0.169. The number of nitrogens with one attached hydrogen (secondary N) is 1. The van der Waals surface area contributed by atoms with Crippen LogP contribution in [0.15, 0.2) is 46.2 Å². The molecule has 0 bridgehead atoms. The summed E-state index contributed by atoms with van der Waals surface area (Å²) in [5, 5.41) is 18.6. The summed E-state index contributed by atoms with van der Waals surface area (Å²) in [6, 6.07) is 6.78. The van der Waals surface area contributed by atoms with E-state index in [2.05, 4.69) is 15.0 Å². The van der Waals surface area contributed by atoms with E-state index >= 15 is 0 Å². The number of aliphatic hydroxyl groups is 2. The molecule has 4 aromatic rings. The second-order valence-electron chi connectivity index (χ2n) is 8.18. The van der Waals surface area contributed by atoms with Gasteiger partial charge in [-0.15, -0.1) is 0 Å². The third-order valence-electron chi connectivity index (χ3n) is 6.21. The highest BCUT2D eigenvalue weighted by atomic mass is 16.3. The van der Waals surface area contributed by atoms with E-state index in [-0.39, 0.29) is 23.9 Å². The molecular weight excluding hydrogens is 440 g/mol. The smallest absolute Gasteiger partial charge is 0.329 e. The molecule has 34 heavy (non-hydrogen) atoms. The number of aliphatic hydroxyl groups excluding tert-OH is 2. The van der Waals surface area contributed by atoms with Crippen molar-refractivity contribution in [1.82, 2.24) is 29.4 Å². The van der Waals surface area contributed by atoms with Crippen LogP contribution in [-0.2, 0) is 11.4 Å². The molecule has 0 aliphatic carbocycles. The first kappa shape index (κ1) is 21.9. The molecule has 5 rings (SSSR count). The van der Waals surface area contributed by atoms with Crippen LogP contribution in [0.2, 0.25) is 0 Å². The molecule has 1 amide bonds. The molecule has 1 saturated heterocycles. The van der Waals surface area contributed by atoms with Gasteiger partial charge in [-0.25, -0.2) is 9.78 Å². The number of H-pyrrole nitrogens is 1. The number of amides is 1. The second-order valence-corrected chi connectivity index (χ2v) is 8.18. The van der Waals surface area contributed by atoms with Gasteiger partial charge >= 0.3 is 5.69 Å². The molecule has 5 heterocycles. The Morgan fingerprint density at radius 1 is 1.06 bits per heavy atom. The van der Waals surface area contributed by atoms with Gasteiger partial charge < -0.3 is 15.1 Å². The third kappa shape index (κ3) is 3.74. The fourth-order valence-corrected chi connectivity index (χ4v) is 4.44. The predicted molar refractivity (Wildman–Crippen MR) is 123 cm³/mol. The lowest BCUT2D eigenvalue weighted by atomic mass is 10.0. The lowest BCUT2D eigenvalue weighted by Crippen LogP contribution is -2.43. The maximum Gasteiger partial charge on any atom is 0.329 e. The fraction of sp³-hybridized carbons (Fsp3) is 0.304. The van der Waals surface area contributed by atoms with Crippen molar-refractivity contribution in [2.45, 2.75) is 25.5 Å². The van der Waals surface area contributed by atoms with Crippen molar-refractivity contribution in [3.63, 3.8) is 0 Å². The summed E-state index contributed by atoms with van der Waals surface area (Å²) in [6.07, 6.45) is 4.02. The Labute approximate surface area is 192 Å². The van der Waals surface area contributed by atoms with Gasteiger partial charge in [-0.3, -0.25) is 29.1 Å². The van der Waals surface area contributed by atoms with E-state index in [1.54, 1.807) is 39.9 Å². The van der Waals surface area contributed by atoms with Crippen molar-refractivity contribution in [3.05, 3.63) is 63.2 Å². The van der Waals surface area contributed by atoms with Crippen LogP contribution in [0.1, 0.15) is 24.6 Å². The van der Waals surface area contributed by atoms with Crippen molar-refractivity contribution in [3.8, 4) is 11.3 Å². The van der Waals surface area contributed by atoms with Gasteiger partial charge in [0.05, 0.1) is 34.4 Å². The Bertz CT molecular complexity index is 1500. The minimum Gasteiger partial charge on any atom is -0.390 e. The summed E-state index contributed by atoms with van der Waals surface area (Å²) < 4.78 is 1.55. The van der Waals surface area contributed by atoms with Crippen molar-refractivity contribution in [2.24, 2.45) is 0 Å². The molecule has 0 spiro atoms. The first-order valence-electron chi connectivity index (χ1n) is 10.9. The molecule has 1 aliphatic heterocycles. The zero-order valence-electron chi connectivity index (χ0n) is 18.1. The summed E-state index contributed by atoms with van der Waals surface area (Å²) in [5.74, 6) is -0.348. The van der Waals surface area contributed by atoms with E-state index < -0.39 is 17.9 Å². The number of hydrogen-bond acceptors (Lipinski definition) is 8. The Balaban J connectivity index is 1.67. The number of likely N-dealkylation sites (tertiary alicyclic amines) is 1. The average molecular weight is 462 g/mol. The molecule has 0 unspecified atom stereocenters. The number of piperidine rings is 1. The minimum atomic E-state index is -0.552. The Morgan fingerprint density at radius 2 is 1.85 bits per heavy atom. The molecule has 1 fully saturated rings. The fourth-order valence-electron chi connectivity index (χ4n) is 4.44. The van der Waals surface area contributed by atoms with Gasteiger partial charge in [-0.1, -0.05) is 0 Å². The van der Waals surface area contributed by atoms with Gasteiger partial charge in [0, 0.05) is 37.1 Å². The van der Waals surface area contributed by atoms with Crippen LogP contribution >= 0.6 is 0 Å². The summed E-state index contributed by atoms with van der Waals surface area (Å²) >= 11 is 0. The Morgan fingerprint density at radius 3 is 2.53 bits per heavy atom. The lowest BCUT2D eigenvalue weighted by Gasteiger charge is -2.33. The number of pyridine rings is 3. The number of aromatic nitrogens is 5. The van der Waals surface area contributed by atoms with Crippen molar-refractivity contribution in [2.75, 3.05) is 19.7 Å². The molecule has 0 atom stereocenters. The Kier molecular flexibility index (Phi) is 5.64. The molecule has 4 aromatic heterocycles. The van der Waals surface area contributed by atoms with E-state index in [1.165, 1.54) is 6.20 Å².